The van der Waals surface area contributed by atoms with Gasteiger partial charge in [0.2, 0.25) is 5.91 Å². The lowest BCUT2D eigenvalue weighted by Gasteiger charge is -2.12. The van der Waals surface area contributed by atoms with Crippen LogP contribution in [0.3, 0.4) is 0 Å². The Morgan fingerprint density at radius 3 is 2.82 bits per heavy atom. The summed E-state index contributed by atoms with van der Waals surface area (Å²) in [6.07, 6.45) is 0.335. The molecule has 0 aliphatic carbocycles. The van der Waals surface area contributed by atoms with E-state index in [1.165, 1.54) is 0 Å². The van der Waals surface area contributed by atoms with Crippen LogP contribution in [-0.4, -0.2) is 26.6 Å². The Morgan fingerprint density at radius 2 is 2.18 bits per heavy atom. The molecule has 0 radical (unpaired) electrons. The molecule has 1 aromatic rings. The van der Waals surface area contributed by atoms with E-state index < -0.39 is 0 Å². The Kier molecular flexibility index (Phi) is 5.80. The second-order valence-corrected chi connectivity index (χ2v) is 3.93. The van der Waals surface area contributed by atoms with Gasteiger partial charge >= 0.3 is 0 Å². The number of nitrogens with one attached hydrogen (secondary N) is 2. The van der Waals surface area contributed by atoms with E-state index in [0.29, 0.717) is 24.6 Å². The van der Waals surface area contributed by atoms with Gasteiger partial charge in [-0.25, -0.2) is 0 Å². The molecule has 0 fully saturated rings. The Labute approximate surface area is 106 Å². The number of benzene rings is 1. The molecule has 0 saturated carbocycles. The van der Waals surface area contributed by atoms with Crippen molar-refractivity contribution in [2.75, 3.05) is 20.7 Å². The van der Waals surface area contributed by atoms with Gasteiger partial charge in [0.25, 0.3) is 0 Å². The number of carbonyl (C=O) groups excluding carboxylic acids is 1. The predicted octanol–water partition coefficient (Wildman–Crippen LogP) is 1.57. The molecule has 1 rings (SSSR count). The normalized spacial score (nSPS) is 10.1. The fraction of sp³-hybridized carbons (Fsp3) is 0.417. The van der Waals surface area contributed by atoms with Crippen molar-refractivity contribution < 1.29 is 9.53 Å². The van der Waals surface area contributed by atoms with Crippen LogP contribution in [0.5, 0.6) is 5.75 Å². The zero-order chi connectivity index (χ0) is 12.7. The van der Waals surface area contributed by atoms with E-state index in [2.05, 4.69) is 10.6 Å². The SMILES string of the molecule is CNCc1c(Cl)cccc1OCCC(=O)NC. The third-order valence-electron chi connectivity index (χ3n) is 2.29. The van der Waals surface area contributed by atoms with Gasteiger partial charge in [0.15, 0.2) is 0 Å². The van der Waals surface area contributed by atoms with Gasteiger partial charge in [-0.1, -0.05) is 17.7 Å². The van der Waals surface area contributed by atoms with Crippen LogP contribution in [0.1, 0.15) is 12.0 Å². The van der Waals surface area contributed by atoms with Crippen molar-refractivity contribution in [3.05, 3.63) is 28.8 Å². The van der Waals surface area contributed by atoms with Gasteiger partial charge < -0.3 is 15.4 Å². The maximum Gasteiger partial charge on any atom is 0.223 e. The smallest absolute Gasteiger partial charge is 0.223 e. The zero-order valence-electron chi connectivity index (χ0n) is 10.0. The number of amides is 1. The first-order valence-corrected chi connectivity index (χ1v) is 5.82. The minimum atomic E-state index is -0.0396. The first-order valence-electron chi connectivity index (χ1n) is 5.44. The topological polar surface area (TPSA) is 50.4 Å². The third kappa shape index (κ3) is 4.24. The van der Waals surface area contributed by atoms with Crippen molar-refractivity contribution >= 4 is 17.5 Å². The van der Waals surface area contributed by atoms with Crippen LogP contribution in [0, 0.1) is 0 Å². The molecule has 1 amide bonds. The van der Waals surface area contributed by atoms with E-state index in [9.17, 15) is 4.79 Å². The Hall–Kier alpha value is -1.26. The van der Waals surface area contributed by atoms with Crippen molar-refractivity contribution in [1.82, 2.24) is 10.6 Å². The van der Waals surface area contributed by atoms with Gasteiger partial charge in [-0.2, -0.15) is 0 Å². The lowest BCUT2D eigenvalue weighted by atomic mass is 10.2. The third-order valence-corrected chi connectivity index (χ3v) is 2.65. The maximum atomic E-state index is 11.1. The molecule has 94 valence electrons. The van der Waals surface area contributed by atoms with Crippen molar-refractivity contribution in [3.8, 4) is 5.75 Å². The number of halogens is 1. The van der Waals surface area contributed by atoms with Crippen LogP contribution in [0.25, 0.3) is 0 Å². The summed E-state index contributed by atoms with van der Waals surface area (Å²) < 4.78 is 5.56. The summed E-state index contributed by atoms with van der Waals surface area (Å²) in [6, 6.07) is 5.50. The van der Waals surface area contributed by atoms with Crippen LogP contribution in [-0.2, 0) is 11.3 Å². The summed E-state index contributed by atoms with van der Waals surface area (Å²) in [5, 5.41) is 6.24. The lowest BCUT2D eigenvalue weighted by Crippen LogP contribution is -2.20. The van der Waals surface area contributed by atoms with Crippen molar-refractivity contribution in [3.63, 3.8) is 0 Å². The maximum absolute atomic E-state index is 11.1. The highest BCUT2D eigenvalue weighted by atomic mass is 35.5. The molecular formula is C12H17ClN2O2. The van der Waals surface area contributed by atoms with E-state index >= 15 is 0 Å². The Bertz CT molecular complexity index is 383. The molecule has 5 heteroatoms. The average molecular weight is 257 g/mol. The number of rotatable bonds is 6. The van der Waals surface area contributed by atoms with Gasteiger partial charge in [0, 0.05) is 24.2 Å². The van der Waals surface area contributed by atoms with Crippen LogP contribution in [0.2, 0.25) is 5.02 Å². The highest BCUT2D eigenvalue weighted by Gasteiger charge is 2.07. The standard InChI is InChI=1S/C12H17ClN2O2/c1-14-8-9-10(13)4-3-5-11(9)17-7-6-12(16)15-2/h3-5,14H,6-8H2,1-2H3,(H,15,16). The minimum Gasteiger partial charge on any atom is -0.493 e. The largest absolute Gasteiger partial charge is 0.493 e. The van der Waals surface area contributed by atoms with Crippen molar-refractivity contribution in [2.45, 2.75) is 13.0 Å². The van der Waals surface area contributed by atoms with Crippen LogP contribution >= 0.6 is 11.6 Å². The summed E-state index contributed by atoms with van der Waals surface area (Å²) >= 11 is 6.08. The van der Waals surface area contributed by atoms with Gasteiger partial charge in [0.05, 0.1) is 13.0 Å². The summed E-state index contributed by atoms with van der Waals surface area (Å²) in [4.78, 5) is 11.1. The molecule has 17 heavy (non-hydrogen) atoms. The minimum absolute atomic E-state index is 0.0396. The fourth-order valence-electron chi connectivity index (χ4n) is 1.40. The molecule has 0 unspecified atom stereocenters. The lowest BCUT2D eigenvalue weighted by molar-refractivity contribution is -0.121. The van der Waals surface area contributed by atoms with E-state index in [0.717, 1.165) is 11.3 Å². The van der Waals surface area contributed by atoms with Crippen LogP contribution in [0.4, 0.5) is 0 Å². The highest BCUT2D eigenvalue weighted by Crippen LogP contribution is 2.26. The summed E-state index contributed by atoms with van der Waals surface area (Å²) in [7, 11) is 3.45. The fourth-order valence-corrected chi connectivity index (χ4v) is 1.63. The van der Waals surface area contributed by atoms with Crippen LogP contribution in [0.15, 0.2) is 18.2 Å². The molecule has 4 nitrogen and oxygen atoms in total. The molecule has 0 spiro atoms. The van der Waals surface area contributed by atoms with Gasteiger partial charge in [0.1, 0.15) is 5.75 Å². The van der Waals surface area contributed by atoms with Crippen LogP contribution < -0.4 is 15.4 Å². The molecule has 0 heterocycles. The highest BCUT2D eigenvalue weighted by molar-refractivity contribution is 6.31. The second kappa shape index (κ2) is 7.14. The molecule has 0 bridgehead atoms. The van der Waals surface area contributed by atoms with Crippen molar-refractivity contribution in [1.29, 1.82) is 0 Å². The summed E-state index contributed by atoms with van der Waals surface area (Å²) in [6.45, 7) is 0.978. The quantitative estimate of drug-likeness (QED) is 0.813. The van der Waals surface area contributed by atoms with E-state index in [1.54, 1.807) is 7.05 Å². The average Bonchev–Trinajstić information content (AvgIpc) is 2.33. The number of ether oxygens (including phenoxy) is 1. The van der Waals surface area contributed by atoms with E-state index in [4.69, 9.17) is 16.3 Å². The second-order valence-electron chi connectivity index (χ2n) is 3.52. The molecule has 2 N–H and O–H groups in total. The van der Waals surface area contributed by atoms with E-state index in [-0.39, 0.29) is 5.91 Å². The summed E-state index contributed by atoms with van der Waals surface area (Å²) in [5.74, 6) is 0.679. The number of hydrogen-bond acceptors (Lipinski definition) is 3. The predicted molar refractivity (Wildman–Crippen MR) is 68.4 cm³/mol. The van der Waals surface area contributed by atoms with Gasteiger partial charge in [-0.3, -0.25) is 4.79 Å². The molecule has 0 atom stereocenters. The molecule has 0 aliphatic heterocycles. The van der Waals surface area contributed by atoms with E-state index in [1.807, 2.05) is 25.2 Å². The summed E-state index contributed by atoms with van der Waals surface area (Å²) in [5.41, 5.74) is 0.911. The zero-order valence-corrected chi connectivity index (χ0v) is 10.8. The first-order chi connectivity index (χ1) is 8.19. The Balaban J connectivity index is 2.63. The Morgan fingerprint density at radius 1 is 1.41 bits per heavy atom. The molecule has 0 saturated heterocycles. The van der Waals surface area contributed by atoms with Crippen molar-refractivity contribution in [2.24, 2.45) is 0 Å². The number of carbonyl (C=O) groups is 1. The first kappa shape index (κ1) is 13.8. The molecule has 1 aromatic carbocycles. The molecule has 0 aromatic heterocycles. The number of hydrogen-bond donors (Lipinski definition) is 2. The molecular weight excluding hydrogens is 240 g/mol. The van der Waals surface area contributed by atoms with Gasteiger partial charge in [-0.05, 0) is 19.2 Å². The molecule has 0 aliphatic rings. The van der Waals surface area contributed by atoms with Gasteiger partial charge in [-0.15, -0.1) is 0 Å². The monoisotopic (exact) mass is 256 g/mol.